The Hall–Kier alpha value is -2.53. The number of aromatic amines is 1. The molecule has 0 amide bonds. The van der Waals surface area contributed by atoms with Crippen molar-refractivity contribution in [2.45, 2.75) is 18.9 Å². The van der Waals surface area contributed by atoms with Crippen LogP contribution < -0.4 is 15.8 Å². The Kier molecular flexibility index (Phi) is 6.35. The lowest BCUT2D eigenvalue weighted by molar-refractivity contribution is 0.0845. The second-order valence-electron chi connectivity index (χ2n) is 8.20. The predicted octanol–water partition coefficient (Wildman–Crippen LogP) is 1.75. The van der Waals surface area contributed by atoms with Gasteiger partial charge in [-0.2, -0.15) is 4.98 Å². The molecule has 170 valence electrons. The molecule has 0 atom stereocenters. The van der Waals surface area contributed by atoms with Gasteiger partial charge in [-0.05, 0) is 25.0 Å². The number of anilines is 2. The van der Waals surface area contributed by atoms with Crippen molar-refractivity contribution in [1.82, 2.24) is 19.9 Å². The minimum Gasteiger partial charge on any atom is -0.393 e. The summed E-state index contributed by atoms with van der Waals surface area (Å²) in [6.07, 6.45) is 1.43. The molecule has 3 N–H and O–H groups in total. The first-order valence-corrected chi connectivity index (χ1v) is 12.0. The van der Waals surface area contributed by atoms with Gasteiger partial charge in [-0.1, -0.05) is 12.1 Å². The number of thiazole rings is 1. The number of aliphatic hydroxyl groups excluding tert-OH is 1. The second-order valence-corrected chi connectivity index (χ2v) is 9.23. The van der Waals surface area contributed by atoms with E-state index in [0.717, 1.165) is 42.7 Å². The summed E-state index contributed by atoms with van der Waals surface area (Å²) in [5.74, 6) is 1.12. The van der Waals surface area contributed by atoms with Crippen LogP contribution in [0.2, 0.25) is 0 Å². The number of morpholine rings is 1. The van der Waals surface area contributed by atoms with Crippen LogP contribution in [0.3, 0.4) is 0 Å². The number of rotatable bonds is 6. The zero-order valence-electron chi connectivity index (χ0n) is 17.9. The van der Waals surface area contributed by atoms with E-state index >= 15 is 0 Å². The summed E-state index contributed by atoms with van der Waals surface area (Å²) in [4.78, 5) is 30.1. The third-order valence-corrected chi connectivity index (χ3v) is 7.06. The molecule has 0 saturated carbocycles. The lowest BCUT2D eigenvalue weighted by Gasteiger charge is -2.30. The molecule has 0 aliphatic carbocycles. The molecule has 2 aliphatic heterocycles. The number of likely N-dealkylation sites (tertiary alicyclic amines) is 1. The van der Waals surface area contributed by atoms with E-state index < -0.39 is 0 Å². The van der Waals surface area contributed by atoms with Gasteiger partial charge in [-0.3, -0.25) is 9.78 Å². The maximum absolute atomic E-state index is 13.2. The molecular weight excluding hydrogens is 428 g/mol. The molecule has 4 heterocycles. The Morgan fingerprint density at radius 1 is 1.16 bits per heavy atom. The highest BCUT2D eigenvalue weighted by Gasteiger charge is 2.22. The number of para-hydroxylation sites is 1. The molecule has 9 nitrogen and oxygen atoms in total. The monoisotopic (exact) mass is 456 g/mol. The summed E-state index contributed by atoms with van der Waals surface area (Å²) in [6, 6.07) is 7.89. The van der Waals surface area contributed by atoms with Gasteiger partial charge < -0.3 is 25.0 Å². The first kappa shape index (κ1) is 21.3. The summed E-state index contributed by atoms with van der Waals surface area (Å²) in [5, 5.41) is 13.8. The summed E-state index contributed by atoms with van der Waals surface area (Å²) >= 11 is 1.50. The van der Waals surface area contributed by atoms with E-state index in [4.69, 9.17) is 14.7 Å². The molecule has 0 unspecified atom stereocenters. The quantitative estimate of drug-likeness (QED) is 0.515. The van der Waals surface area contributed by atoms with E-state index in [1.165, 1.54) is 11.3 Å². The highest BCUT2D eigenvalue weighted by Crippen LogP contribution is 2.32. The number of H-pyrrole nitrogens is 1. The summed E-state index contributed by atoms with van der Waals surface area (Å²) in [5.41, 5.74) is 1.17. The van der Waals surface area contributed by atoms with Gasteiger partial charge in [-0.15, -0.1) is 11.3 Å². The SMILES string of the molecule is O=c1[nH]c(N2CCOCC2)nc(NCCN2CCC(O)CC2)c1-c1nc2ccccc2s1. The van der Waals surface area contributed by atoms with Crippen molar-refractivity contribution in [3.05, 3.63) is 34.6 Å². The summed E-state index contributed by atoms with van der Waals surface area (Å²) < 4.78 is 6.48. The topological polar surface area (TPSA) is 107 Å². The maximum atomic E-state index is 13.2. The summed E-state index contributed by atoms with van der Waals surface area (Å²) in [6.45, 7) is 5.88. The van der Waals surface area contributed by atoms with Crippen molar-refractivity contribution in [3.8, 4) is 10.6 Å². The third-order valence-electron chi connectivity index (χ3n) is 6.00. The molecule has 0 radical (unpaired) electrons. The Morgan fingerprint density at radius 3 is 2.72 bits per heavy atom. The molecule has 2 fully saturated rings. The van der Waals surface area contributed by atoms with E-state index in [1.807, 2.05) is 29.2 Å². The van der Waals surface area contributed by atoms with Gasteiger partial charge >= 0.3 is 0 Å². The van der Waals surface area contributed by atoms with Crippen LogP contribution in [0.25, 0.3) is 20.8 Å². The molecule has 2 aromatic heterocycles. The molecule has 1 aromatic carbocycles. The van der Waals surface area contributed by atoms with Crippen molar-refractivity contribution in [3.63, 3.8) is 0 Å². The average molecular weight is 457 g/mol. The number of benzene rings is 1. The Morgan fingerprint density at radius 2 is 1.94 bits per heavy atom. The van der Waals surface area contributed by atoms with Gasteiger partial charge in [0.25, 0.3) is 5.56 Å². The zero-order valence-corrected chi connectivity index (χ0v) is 18.7. The Balaban J connectivity index is 1.43. The van der Waals surface area contributed by atoms with Crippen LogP contribution in [0.4, 0.5) is 11.8 Å². The van der Waals surface area contributed by atoms with Crippen molar-refractivity contribution < 1.29 is 9.84 Å². The highest BCUT2D eigenvalue weighted by molar-refractivity contribution is 7.21. The Bertz CT molecular complexity index is 1090. The molecule has 10 heteroatoms. The average Bonchev–Trinajstić information content (AvgIpc) is 3.24. The third kappa shape index (κ3) is 4.63. The molecule has 0 spiro atoms. The number of nitrogens with one attached hydrogen (secondary N) is 2. The van der Waals surface area contributed by atoms with Gasteiger partial charge in [0.1, 0.15) is 16.4 Å². The molecular formula is C22H28N6O3S. The van der Waals surface area contributed by atoms with Crippen molar-refractivity contribution in [2.75, 3.05) is 62.7 Å². The van der Waals surface area contributed by atoms with Crippen LogP contribution in [0.5, 0.6) is 0 Å². The van der Waals surface area contributed by atoms with Gasteiger partial charge in [0.2, 0.25) is 5.95 Å². The zero-order chi connectivity index (χ0) is 21.9. The van der Waals surface area contributed by atoms with E-state index in [-0.39, 0.29) is 11.7 Å². The lowest BCUT2D eigenvalue weighted by Crippen LogP contribution is -2.39. The standard InChI is InChI=1S/C22H28N6O3S/c29-15-5-8-27(9-6-15)10-7-23-19-18(21-24-16-3-1-2-4-17(16)32-21)20(30)26-22(25-19)28-11-13-31-14-12-28/h1-4,15,29H,5-14H2,(H2,23,25,26,30). The number of nitrogens with zero attached hydrogens (tertiary/aromatic N) is 4. The molecule has 32 heavy (non-hydrogen) atoms. The fourth-order valence-electron chi connectivity index (χ4n) is 4.17. The van der Waals surface area contributed by atoms with E-state index in [0.29, 0.717) is 55.2 Å². The number of hydrogen-bond acceptors (Lipinski definition) is 9. The van der Waals surface area contributed by atoms with Gasteiger partial charge in [-0.25, -0.2) is 4.98 Å². The van der Waals surface area contributed by atoms with Crippen LogP contribution in [0, 0.1) is 0 Å². The van der Waals surface area contributed by atoms with Gasteiger partial charge in [0, 0.05) is 39.3 Å². The van der Waals surface area contributed by atoms with Crippen molar-refractivity contribution >= 4 is 33.3 Å². The second kappa shape index (κ2) is 9.53. The first-order chi connectivity index (χ1) is 15.7. The van der Waals surface area contributed by atoms with Crippen LogP contribution >= 0.6 is 11.3 Å². The number of ether oxygens (including phenoxy) is 1. The van der Waals surface area contributed by atoms with Crippen LogP contribution in [-0.2, 0) is 4.74 Å². The minimum absolute atomic E-state index is 0.185. The molecule has 5 rings (SSSR count). The van der Waals surface area contributed by atoms with Crippen LogP contribution in [-0.4, -0.2) is 83.5 Å². The normalized spacial score (nSPS) is 18.3. The van der Waals surface area contributed by atoms with Crippen molar-refractivity contribution in [1.29, 1.82) is 0 Å². The number of aromatic nitrogens is 3. The van der Waals surface area contributed by atoms with Gasteiger partial charge in [0.15, 0.2) is 0 Å². The number of fused-ring (bicyclic) bond motifs is 1. The molecule has 0 bridgehead atoms. The number of aliphatic hydroxyl groups is 1. The molecule has 2 aliphatic rings. The Labute approximate surface area is 190 Å². The van der Waals surface area contributed by atoms with E-state index in [1.54, 1.807) is 0 Å². The van der Waals surface area contributed by atoms with E-state index in [2.05, 4.69) is 15.2 Å². The fraction of sp³-hybridized carbons (Fsp3) is 0.500. The molecule has 2 saturated heterocycles. The van der Waals surface area contributed by atoms with Crippen molar-refractivity contribution in [2.24, 2.45) is 0 Å². The van der Waals surface area contributed by atoms with Gasteiger partial charge in [0.05, 0.1) is 29.5 Å². The predicted molar refractivity (Wildman–Crippen MR) is 127 cm³/mol. The summed E-state index contributed by atoms with van der Waals surface area (Å²) in [7, 11) is 0. The van der Waals surface area contributed by atoms with Crippen LogP contribution in [0.1, 0.15) is 12.8 Å². The first-order valence-electron chi connectivity index (χ1n) is 11.1. The smallest absolute Gasteiger partial charge is 0.264 e. The lowest BCUT2D eigenvalue weighted by atomic mass is 10.1. The number of hydrogen-bond donors (Lipinski definition) is 3. The molecule has 3 aromatic rings. The number of piperidine rings is 1. The minimum atomic E-state index is -0.191. The highest BCUT2D eigenvalue weighted by atomic mass is 32.1. The fourth-order valence-corrected chi connectivity index (χ4v) is 5.18. The maximum Gasteiger partial charge on any atom is 0.264 e. The van der Waals surface area contributed by atoms with Crippen LogP contribution in [0.15, 0.2) is 29.1 Å². The van der Waals surface area contributed by atoms with E-state index in [9.17, 15) is 9.90 Å². The largest absolute Gasteiger partial charge is 0.393 e.